The second-order valence-corrected chi connectivity index (χ2v) is 6.11. The van der Waals surface area contributed by atoms with Crippen LogP contribution in [0.2, 0.25) is 0 Å². The summed E-state index contributed by atoms with van der Waals surface area (Å²) in [5.74, 6) is -0.210. The first-order valence-electron chi connectivity index (χ1n) is 8.78. The van der Waals surface area contributed by atoms with Crippen molar-refractivity contribution >= 4 is 27.6 Å². The molecule has 3 aromatic rings. The number of rotatable bonds is 7. The highest BCUT2D eigenvalue weighted by Crippen LogP contribution is 2.38. The molecule has 1 N–H and O–H groups in total. The van der Waals surface area contributed by atoms with Gasteiger partial charge in [-0.15, -0.1) is 13.2 Å². The number of fused-ring (bicyclic) bond motifs is 3. The maximum absolute atomic E-state index is 12.7. The van der Waals surface area contributed by atoms with Crippen LogP contribution < -0.4 is 0 Å². The highest BCUT2D eigenvalue weighted by molar-refractivity contribution is 6.16. The molecule has 134 valence electrons. The van der Waals surface area contributed by atoms with E-state index in [1.54, 1.807) is 13.0 Å². The van der Waals surface area contributed by atoms with Crippen molar-refractivity contribution in [2.45, 2.75) is 26.3 Å². The predicted molar refractivity (Wildman–Crippen MR) is 106 cm³/mol. The van der Waals surface area contributed by atoms with E-state index in [2.05, 4.69) is 17.7 Å². The molecule has 1 aromatic heterocycles. The van der Waals surface area contributed by atoms with Crippen LogP contribution in [-0.4, -0.2) is 22.2 Å². The Labute approximate surface area is 153 Å². The van der Waals surface area contributed by atoms with Crippen LogP contribution in [0.1, 0.15) is 29.4 Å². The zero-order chi connectivity index (χ0) is 18.7. The Morgan fingerprint density at radius 1 is 1.19 bits per heavy atom. The Morgan fingerprint density at radius 2 is 1.92 bits per heavy atom. The van der Waals surface area contributed by atoms with E-state index < -0.39 is 0 Å². The lowest BCUT2D eigenvalue weighted by atomic mass is 10.0. The van der Waals surface area contributed by atoms with Crippen LogP contribution in [0.25, 0.3) is 21.7 Å². The number of benzene rings is 2. The van der Waals surface area contributed by atoms with Crippen LogP contribution in [0.15, 0.2) is 55.6 Å². The number of hydrogen-bond donors (Lipinski definition) is 1. The van der Waals surface area contributed by atoms with E-state index in [0.717, 1.165) is 28.4 Å². The maximum atomic E-state index is 12.7. The summed E-state index contributed by atoms with van der Waals surface area (Å²) >= 11 is 0. The molecule has 0 radical (unpaired) electrons. The average molecular weight is 349 g/mol. The monoisotopic (exact) mass is 349 g/mol. The third kappa shape index (κ3) is 2.88. The Kier molecular flexibility index (Phi) is 5.12. The Balaban J connectivity index is 2.46. The third-order valence-electron chi connectivity index (χ3n) is 4.52. The molecule has 0 saturated heterocycles. The highest BCUT2D eigenvalue weighted by Gasteiger charge is 2.25. The third-order valence-corrected chi connectivity index (χ3v) is 4.52. The molecule has 0 saturated carbocycles. The molecule has 0 bridgehead atoms. The molecule has 1 heterocycles. The number of aromatic nitrogens is 1. The minimum atomic E-state index is -0.367. The number of phenols is 1. The van der Waals surface area contributed by atoms with Crippen LogP contribution in [0.3, 0.4) is 0 Å². The van der Waals surface area contributed by atoms with Crippen LogP contribution in [0.4, 0.5) is 0 Å². The summed E-state index contributed by atoms with van der Waals surface area (Å²) in [6.45, 7) is 10.3. The average Bonchev–Trinajstić information content (AvgIpc) is 2.94. The second kappa shape index (κ2) is 7.48. The number of carbonyl (C=O) groups excluding carboxylic acids is 1. The van der Waals surface area contributed by atoms with E-state index in [4.69, 9.17) is 4.74 Å². The van der Waals surface area contributed by atoms with Crippen molar-refractivity contribution in [1.82, 2.24) is 4.57 Å². The zero-order valence-corrected chi connectivity index (χ0v) is 15.0. The quantitative estimate of drug-likeness (QED) is 0.483. The number of hydrogen-bond acceptors (Lipinski definition) is 3. The largest absolute Gasteiger partial charge is 0.507 e. The summed E-state index contributed by atoms with van der Waals surface area (Å²) in [5, 5.41) is 12.9. The fourth-order valence-electron chi connectivity index (χ4n) is 3.51. The fraction of sp³-hybridized carbons (Fsp3) is 0.227. The summed E-state index contributed by atoms with van der Waals surface area (Å²) in [4.78, 5) is 12.7. The molecule has 0 aliphatic rings. The zero-order valence-electron chi connectivity index (χ0n) is 15.0. The molecule has 0 aliphatic carbocycles. The van der Waals surface area contributed by atoms with Gasteiger partial charge < -0.3 is 14.4 Å². The van der Waals surface area contributed by atoms with Gasteiger partial charge in [0, 0.05) is 28.4 Å². The smallest absolute Gasteiger partial charge is 0.340 e. The van der Waals surface area contributed by atoms with Gasteiger partial charge in [-0.3, -0.25) is 0 Å². The molecule has 0 atom stereocenters. The van der Waals surface area contributed by atoms with Crippen molar-refractivity contribution in [3.05, 3.63) is 66.9 Å². The van der Waals surface area contributed by atoms with E-state index in [0.29, 0.717) is 30.5 Å². The summed E-state index contributed by atoms with van der Waals surface area (Å²) in [6, 6.07) is 9.33. The Bertz CT molecular complexity index is 998. The van der Waals surface area contributed by atoms with Gasteiger partial charge in [-0.1, -0.05) is 36.4 Å². The molecule has 2 aromatic carbocycles. The van der Waals surface area contributed by atoms with Gasteiger partial charge in [0.1, 0.15) is 5.75 Å². The summed E-state index contributed by atoms with van der Waals surface area (Å²) < 4.78 is 7.41. The predicted octanol–water partition coefficient (Wildman–Crippen LogP) is 4.98. The van der Waals surface area contributed by atoms with Gasteiger partial charge in [0.05, 0.1) is 17.7 Å². The van der Waals surface area contributed by atoms with E-state index in [-0.39, 0.29) is 11.7 Å². The van der Waals surface area contributed by atoms with Crippen LogP contribution in [0, 0.1) is 0 Å². The minimum Gasteiger partial charge on any atom is -0.507 e. The van der Waals surface area contributed by atoms with Gasteiger partial charge in [0.15, 0.2) is 0 Å². The molecular weight excluding hydrogens is 326 g/mol. The van der Waals surface area contributed by atoms with Gasteiger partial charge >= 0.3 is 5.97 Å². The fourth-order valence-corrected chi connectivity index (χ4v) is 3.51. The summed E-state index contributed by atoms with van der Waals surface area (Å²) in [6.07, 6.45) is 5.05. The summed E-state index contributed by atoms with van der Waals surface area (Å²) in [7, 11) is 0. The van der Waals surface area contributed by atoms with Crippen molar-refractivity contribution in [3.8, 4) is 5.75 Å². The van der Waals surface area contributed by atoms with Crippen molar-refractivity contribution < 1.29 is 14.6 Å². The SMILES string of the molecule is C=CCCc1c(C(=O)OCC)c2cc(O)c3ccccc3c2n1CC=C. The molecule has 3 rings (SSSR count). The van der Waals surface area contributed by atoms with Gasteiger partial charge in [0.2, 0.25) is 0 Å². The second-order valence-electron chi connectivity index (χ2n) is 6.11. The first-order chi connectivity index (χ1) is 12.6. The molecule has 0 unspecified atom stereocenters. The maximum Gasteiger partial charge on any atom is 0.340 e. The first-order valence-corrected chi connectivity index (χ1v) is 8.78. The number of phenolic OH excluding ortho intramolecular Hbond substituents is 1. The number of allylic oxidation sites excluding steroid dienone is 2. The molecule has 4 nitrogen and oxygen atoms in total. The molecule has 0 aliphatic heterocycles. The molecule has 0 fully saturated rings. The number of carbonyl (C=O) groups is 1. The molecule has 0 spiro atoms. The minimum absolute atomic E-state index is 0.157. The number of ether oxygens (including phenoxy) is 1. The lowest BCUT2D eigenvalue weighted by molar-refractivity contribution is 0.0527. The van der Waals surface area contributed by atoms with Gasteiger partial charge in [0.25, 0.3) is 0 Å². The van der Waals surface area contributed by atoms with E-state index in [1.165, 1.54) is 0 Å². The van der Waals surface area contributed by atoms with Crippen molar-refractivity contribution in [2.75, 3.05) is 6.61 Å². The van der Waals surface area contributed by atoms with E-state index >= 15 is 0 Å². The first kappa shape index (κ1) is 17.8. The molecule has 4 heteroatoms. The van der Waals surface area contributed by atoms with Gasteiger partial charge in [-0.2, -0.15) is 0 Å². The van der Waals surface area contributed by atoms with Gasteiger partial charge in [-0.25, -0.2) is 4.79 Å². The normalized spacial score (nSPS) is 11.0. The van der Waals surface area contributed by atoms with Crippen LogP contribution in [-0.2, 0) is 17.7 Å². The lowest BCUT2D eigenvalue weighted by Gasteiger charge is -2.10. The number of esters is 1. The van der Waals surface area contributed by atoms with E-state index in [9.17, 15) is 9.90 Å². The standard InChI is InChI=1S/C22H23NO3/c1-4-7-12-18-20(22(25)26-6-3)17-14-19(24)15-10-8-9-11-16(15)21(17)23(18)13-5-2/h4-5,8-11,14,24H,1-2,6-7,12-13H2,3H3. The lowest BCUT2D eigenvalue weighted by Crippen LogP contribution is -2.10. The molecule has 26 heavy (non-hydrogen) atoms. The topological polar surface area (TPSA) is 51.5 Å². The van der Waals surface area contributed by atoms with E-state index in [1.807, 2.05) is 36.4 Å². The van der Waals surface area contributed by atoms with Crippen molar-refractivity contribution in [2.24, 2.45) is 0 Å². The molecular formula is C22H23NO3. The van der Waals surface area contributed by atoms with Crippen LogP contribution >= 0.6 is 0 Å². The van der Waals surface area contributed by atoms with Crippen molar-refractivity contribution in [1.29, 1.82) is 0 Å². The molecule has 0 amide bonds. The Morgan fingerprint density at radius 3 is 2.58 bits per heavy atom. The van der Waals surface area contributed by atoms with Crippen LogP contribution in [0.5, 0.6) is 5.75 Å². The number of aromatic hydroxyl groups is 1. The summed E-state index contributed by atoms with van der Waals surface area (Å²) in [5.41, 5.74) is 2.32. The highest BCUT2D eigenvalue weighted by atomic mass is 16.5. The number of nitrogens with zero attached hydrogens (tertiary/aromatic N) is 1. The van der Waals surface area contributed by atoms with Gasteiger partial charge in [-0.05, 0) is 25.8 Å². The Hall–Kier alpha value is -3.01. The van der Waals surface area contributed by atoms with Crippen molar-refractivity contribution in [3.63, 3.8) is 0 Å².